The molecule has 0 saturated carbocycles. The molecule has 0 bridgehead atoms. The first-order valence-electron chi connectivity index (χ1n) is 8.10. The van der Waals surface area contributed by atoms with Crippen molar-refractivity contribution in [2.45, 2.75) is 39.7 Å². The van der Waals surface area contributed by atoms with Crippen LogP contribution in [0.1, 0.15) is 24.1 Å². The second kappa shape index (κ2) is 7.90. The molecule has 0 radical (unpaired) electrons. The summed E-state index contributed by atoms with van der Waals surface area (Å²) in [7, 11) is -3.39. The molecule has 5 nitrogen and oxygen atoms in total. The molecule has 1 aliphatic rings. The molecule has 0 unspecified atom stereocenters. The van der Waals surface area contributed by atoms with Crippen molar-refractivity contribution in [2.75, 3.05) is 13.1 Å². The lowest BCUT2D eigenvalue weighted by Crippen LogP contribution is -2.27. The number of primary amides is 1. The van der Waals surface area contributed by atoms with E-state index in [0.717, 1.165) is 26.8 Å². The molecular weight excluding hydrogens is 376 g/mol. The van der Waals surface area contributed by atoms with E-state index < -0.39 is 10.0 Å². The molecule has 134 valence electrons. The number of carbonyl (C=O) groups excluding carboxylic acids is 1. The van der Waals surface area contributed by atoms with Crippen molar-refractivity contribution in [2.24, 2.45) is 5.73 Å². The van der Waals surface area contributed by atoms with Gasteiger partial charge in [-0.25, -0.2) is 8.42 Å². The number of sulfonamides is 1. The van der Waals surface area contributed by atoms with Crippen LogP contribution < -0.4 is 5.73 Å². The number of nitrogens with zero attached hydrogens (tertiary/aromatic N) is 1. The molecule has 2 aromatic rings. The van der Waals surface area contributed by atoms with E-state index in [1.807, 2.05) is 18.2 Å². The van der Waals surface area contributed by atoms with Gasteiger partial charge in [0.25, 0.3) is 0 Å². The summed E-state index contributed by atoms with van der Waals surface area (Å²) in [4.78, 5) is 13.2. The molecule has 1 amide bonds. The molecular formula is C17H20N2O3S3. The van der Waals surface area contributed by atoms with Gasteiger partial charge in [-0.15, -0.1) is 11.3 Å². The van der Waals surface area contributed by atoms with Gasteiger partial charge in [0, 0.05) is 29.3 Å². The third-order valence-corrected chi connectivity index (χ3v) is 8.14. The fourth-order valence-electron chi connectivity index (χ4n) is 2.69. The Kier molecular flexibility index (Phi) is 5.83. The van der Waals surface area contributed by atoms with Gasteiger partial charge in [-0.3, -0.25) is 4.79 Å². The first kappa shape index (κ1) is 18.4. The van der Waals surface area contributed by atoms with E-state index in [2.05, 4.69) is 0 Å². The number of thiophene rings is 1. The highest BCUT2D eigenvalue weighted by Crippen LogP contribution is 2.35. The van der Waals surface area contributed by atoms with Crippen LogP contribution in [0.3, 0.4) is 0 Å². The molecule has 8 heteroatoms. The van der Waals surface area contributed by atoms with Gasteiger partial charge in [0.15, 0.2) is 0 Å². The van der Waals surface area contributed by atoms with Crippen LogP contribution in [0.25, 0.3) is 0 Å². The second-order valence-electron chi connectivity index (χ2n) is 5.88. The summed E-state index contributed by atoms with van der Waals surface area (Å²) >= 11 is 3.14. The van der Waals surface area contributed by atoms with E-state index in [1.54, 1.807) is 33.8 Å². The van der Waals surface area contributed by atoms with Crippen LogP contribution in [-0.4, -0.2) is 31.7 Å². The molecule has 3 rings (SSSR count). The summed E-state index contributed by atoms with van der Waals surface area (Å²) in [6.07, 6.45) is 2.84. The van der Waals surface area contributed by atoms with Crippen LogP contribution in [0, 0.1) is 0 Å². The number of nitrogens with two attached hydrogens (primary N) is 1. The summed E-state index contributed by atoms with van der Waals surface area (Å²) in [5.41, 5.74) is 5.18. The van der Waals surface area contributed by atoms with Crippen LogP contribution in [0.5, 0.6) is 0 Å². The zero-order valence-corrected chi connectivity index (χ0v) is 16.1. The number of benzene rings is 1. The van der Waals surface area contributed by atoms with Gasteiger partial charge in [0.1, 0.15) is 0 Å². The fourth-order valence-corrected chi connectivity index (χ4v) is 6.54. The van der Waals surface area contributed by atoms with Crippen molar-refractivity contribution in [3.05, 3.63) is 41.3 Å². The lowest BCUT2D eigenvalue weighted by Gasteiger charge is -2.15. The molecule has 25 heavy (non-hydrogen) atoms. The molecule has 0 atom stereocenters. The Balaban J connectivity index is 1.73. The number of hydrogen-bond acceptors (Lipinski definition) is 5. The maximum absolute atomic E-state index is 12.7. The smallest absolute Gasteiger partial charge is 0.243 e. The summed E-state index contributed by atoms with van der Waals surface area (Å²) in [5, 5.41) is 0. The van der Waals surface area contributed by atoms with E-state index in [4.69, 9.17) is 5.73 Å². The minimum Gasteiger partial charge on any atom is -0.370 e. The van der Waals surface area contributed by atoms with E-state index in [0.29, 0.717) is 30.8 Å². The summed E-state index contributed by atoms with van der Waals surface area (Å²) in [6.45, 7) is 1.21. The molecule has 1 aliphatic heterocycles. The number of carbonyl (C=O) groups is 1. The largest absolute Gasteiger partial charge is 0.370 e. The standard InChI is InChI=1S/C17H20N2O3S3/c18-16(20)8-6-13-7-9-17(23-13)24-14-4-3-5-15(12-14)25(21,22)19-10-1-2-11-19/h3-5,7,9,12H,1-2,6,8,10-11H2,(H2,18,20). The Labute approximate surface area is 156 Å². The molecule has 0 spiro atoms. The van der Waals surface area contributed by atoms with Crippen molar-refractivity contribution in [1.82, 2.24) is 4.31 Å². The minimum atomic E-state index is -3.39. The zero-order chi connectivity index (χ0) is 17.9. The van der Waals surface area contributed by atoms with Crippen molar-refractivity contribution in [3.8, 4) is 0 Å². The molecule has 1 saturated heterocycles. The summed E-state index contributed by atoms with van der Waals surface area (Å²) < 4.78 is 28.0. The third kappa shape index (κ3) is 4.63. The maximum Gasteiger partial charge on any atom is 0.243 e. The number of amides is 1. The molecule has 1 aromatic heterocycles. The number of aryl methyl sites for hydroxylation is 1. The van der Waals surface area contributed by atoms with Crippen LogP contribution in [0.2, 0.25) is 0 Å². The monoisotopic (exact) mass is 396 g/mol. The quantitative estimate of drug-likeness (QED) is 0.780. The average Bonchev–Trinajstić information content (AvgIpc) is 3.25. The topological polar surface area (TPSA) is 80.5 Å². The predicted octanol–water partition coefficient (Wildman–Crippen LogP) is 3.10. The van der Waals surface area contributed by atoms with Gasteiger partial charge in [-0.2, -0.15) is 4.31 Å². The summed E-state index contributed by atoms with van der Waals surface area (Å²) in [5.74, 6) is -0.303. The lowest BCUT2D eigenvalue weighted by atomic mass is 10.2. The lowest BCUT2D eigenvalue weighted by molar-refractivity contribution is -0.117. The fraction of sp³-hybridized carbons (Fsp3) is 0.353. The highest BCUT2D eigenvalue weighted by molar-refractivity contribution is 8.01. The Morgan fingerprint density at radius 1 is 1.20 bits per heavy atom. The maximum atomic E-state index is 12.7. The molecule has 1 aromatic carbocycles. The minimum absolute atomic E-state index is 0.303. The summed E-state index contributed by atoms with van der Waals surface area (Å²) in [6, 6.07) is 11.1. The van der Waals surface area contributed by atoms with Crippen LogP contribution in [0.15, 0.2) is 50.4 Å². The average molecular weight is 397 g/mol. The molecule has 2 N–H and O–H groups in total. The van der Waals surface area contributed by atoms with Crippen LogP contribution >= 0.6 is 23.1 Å². The predicted molar refractivity (Wildman–Crippen MR) is 100 cm³/mol. The van der Waals surface area contributed by atoms with E-state index in [9.17, 15) is 13.2 Å². The highest BCUT2D eigenvalue weighted by atomic mass is 32.2. The first-order chi connectivity index (χ1) is 11.9. The van der Waals surface area contributed by atoms with Crippen LogP contribution in [0.4, 0.5) is 0 Å². The normalized spacial score (nSPS) is 15.5. The van der Waals surface area contributed by atoms with Gasteiger partial charge in [-0.05, 0) is 49.6 Å². The van der Waals surface area contributed by atoms with E-state index in [-0.39, 0.29) is 5.91 Å². The Morgan fingerprint density at radius 3 is 2.68 bits per heavy atom. The van der Waals surface area contributed by atoms with Crippen molar-refractivity contribution in [1.29, 1.82) is 0 Å². The van der Waals surface area contributed by atoms with Gasteiger partial charge in [0.2, 0.25) is 15.9 Å². The number of hydrogen-bond donors (Lipinski definition) is 1. The van der Waals surface area contributed by atoms with E-state index >= 15 is 0 Å². The van der Waals surface area contributed by atoms with Crippen molar-refractivity contribution < 1.29 is 13.2 Å². The van der Waals surface area contributed by atoms with Gasteiger partial charge >= 0.3 is 0 Å². The van der Waals surface area contributed by atoms with Crippen molar-refractivity contribution in [3.63, 3.8) is 0 Å². The first-order valence-corrected chi connectivity index (χ1v) is 11.2. The number of rotatable bonds is 7. The molecule has 1 fully saturated rings. The second-order valence-corrected chi connectivity index (χ2v) is 10.4. The highest BCUT2D eigenvalue weighted by Gasteiger charge is 2.27. The van der Waals surface area contributed by atoms with Gasteiger partial charge in [0.05, 0.1) is 9.10 Å². The molecule has 0 aliphatic carbocycles. The van der Waals surface area contributed by atoms with Gasteiger partial charge in [-0.1, -0.05) is 17.8 Å². The van der Waals surface area contributed by atoms with Crippen LogP contribution in [-0.2, 0) is 21.2 Å². The third-order valence-electron chi connectivity index (χ3n) is 3.98. The van der Waals surface area contributed by atoms with Gasteiger partial charge < -0.3 is 5.73 Å². The molecule has 2 heterocycles. The Bertz CT molecular complexity index is 856. The SMILES string of the molecule is NC(=O)CCc1ccc(Sc2cccc(S(=O)(=O)N3CCCC3)c2)s1. The Morgan fingerprint density at radius 2 is 1.96 bits per heavy atom. The van der Waals surface area contributed by atoms with Crippen molar-refractivity contribution >= 4 is 39.0 Å². The zero-order valence-electron chi connectivity index (χ0n) is 13.7. The Hall–Kier alpha value is -1.35. The van der Waals surface area contributed by atoms with E-state index in [1.165, 1.54) is 11.8 Å².